The first kappa shape index (κ1) is 24.7. The molecular weight excluding hydrogens is 436 g/mol. The zero-order valence-electron chi connectivity index (χ0n) is 19.5. The zero-order chi connectivity index (χ0) is 23.0. The minimum atomic E-state index is -0.867. The molecule has 4 aliphatic rings. The fourth-order valence-corrected chi connectivity index (χ4v) is 4.19. The van der Waals surface area contributed by atoms with Crippen LogP contribution < -0.4 is 0 Å². The number of carbonyl (C=O) groups is 1. The van der Waals surface area contributed by atoms with Crippen LogP contribution in [0.15, 0.2) is 11.5 Å². The number of ether oxygens (including phenoxy) is 9. The molecule has 0 radical (unpaired) electrons. The lowest BCUT2D eigenvalue weighted by Gasteiger charge is -2.29. The minimum Gasteiger partial charge on any atom is -0.461 e. The molecule has 33 heavy (non-hydrogen) atoms. The van der Waals surface area contributed by atoms with Gasteiger partial charge in [-0.1, -0.05) is 6.92 Å². The van der Waals surface area contributed by atoms with Gasteiger partial charge in [0.2, 0.25) is 5.76 Å². The van der Waals surface area contributed by atoms with E-state index in [1.54, 1.807) is 0 Å². The van der Waals surface area contributed by atoms with Crippen molar-refractivity contribution in [3.8, 4) is 0 Å². The highest BCUT2D eigenvalue weighted by molar-refractivity contribution is 5.89. The van der Waals surface area contributed by atoms with Gasteiger partial charge >= 0.3 is 5.97 Å². The largest absolute Gasteiger partial charge is 0.461 e. The number of hydrogen-bond acceptors (Lipinski definition) is 10. The summed E-state index contributed by atoms with van der Waals surface area (Å²) in [4.78, 5) is 12.9. The van der Waals surface area contributed by atoms with Crippen molar-refractivity contribution in [1.29, 1.82) is 0 Å². The second-order valence-corrected chi connectivity index (χ2v) is 8.38. The van der Waals surface area contributed by atoms with Crippen molar-refractivity contribution in [2.75, 3.05) is 33.0 Å². The van der Waals surface area contributed by atoms with Crippen molar-refractivity contribution in [2.24, 2.45) is 0 Å². The Bertz CT molecular complexity index is 650. The van der Waals surface area contributed by atoms with Gasteiger partial charge in [-0.2, -0.15) is 0 Å². The van der Waals surface area contributed by atoms with Crippen LogP contribution in [0.2, 0.25) is 0 Å². The van der Waals surface area contributed by atoms with Crippen LogP contribution in [0.3, 0.4) is 0 Å². The Hall–Kier alpha value is -1.43. The molecule has 0 aromatic carbocycles. The zero-order valence-corrected chi connectivity index (χ0v) is 19.5. The molecule has 3 saturated heterocycles. The van der Waals surface area contributed by atoms with Crippen LogP contribution in [0.1, 0.15) is 58.8 Å². The Morgan fingerprint density at radius 1 is 0.909 bits per heavy atom. The molecule has 0 N–H and O–H groups in total. The van der Waals surface area contributed by atoms with Gasteiger partial charge < -0.3 is 42.6 Å². The van der Waals surface area contributed by atoms with Gasteiger partial charge in [0, 0.05) is 32.5 Å². The van der Waals surface area contributed by atoms with E-state index in [1.807, 2.05) is 13.8 Å². The van der Waals surface area contributed by atoms with E-state index in [0.29, 0.717) is 45.7 Å². The first-order chi connectivity index (χ1) is 16.2. The number of cyclic esters (lactones) is 1. The average Bonchev–Trinajstić information content (AvgIpc) is 3.62. The van der Waals surface area contributed by atoms with Crippen molar-refractivity contribution < 1.29 is 47.4 Å². The fraction of sp³-hybridized carbons (Fsp3) is 0.870. The normalized spacial score (nSPS) is 31.8. The van der Waals surface area contributed by atoms with Gasteiger partial charge in [-0.25, -0.2) is 4.79 Å². The molecule has 4 rings (SSSR count). The van der Waals surface area contributed by atoms with Crippen molar-refractivity contribution in [3.63, 3.8) is 0 Å². The summed E-state index contributed by atoms with van der Waals surface area (Å²) in [5.41, 5.74) is 0. The molecule has 5 unspecified atom stereocenters. The highest BCUT2D eigenvalue weighted by atomic mass is 16.7. The molecule has 0 aromatic rings. The fourth-order valence-electron chi connectivity index (χ4n) is 4.19. The van der Waals surface area contributed by atoms with Crippen molar-refractivity contribution >= 4 is 5.97 Å². The number of carbonyl (C=O) groups excluding carboxylic acids is 1. The summed E-state index contributed by atoms with van der Waals surface area (Å²) in [6.45, 7) is 6.35. The average molecular weight is 473 g/mol. The predicted octanol–water partition coefficient (Wildman–Crippen LogP) is 2.74. The Morgan fingerprint density at radius 3 is 2.12 bits per heavy atom. The Balaban J connectivity index is 1.55. The van der Waals surface area contributed by atoms with Gasteiger partial charge in [0.1, 0.15) is 6.10 Å². The van der Waals surface area contributed by atoms with E-state index in [2.05, 4.69) is 0 Å². The number of esters is 1. The van der Waals surface area contributed by atoms with E-state index in [4.69, 9.17) is 42.6 Å². The van der Waals surface area contributed by atoms with Crippen LogP contribution in [0.25, 0.3) is 0 Å². The standard InChI is InChI=1S/C23H36O10/c1-3-16(25-4-2)30-15(14-29-17-8-5-11-26-17)20-21(31-18-9-6-12-27-18)22(23(24)33-20)32-19-10-7-13-28-19/h15-20H,3-14H2,1-2H3/t15?,16?,17?,18?,19?,20-/m1/s1. The van der Waals surface area contributed by atoms with Gasteiger partial charge in [0.25, 0.3) is 0 Å². The highest BCUT2D eigenvalue weighted by Gasteiger charge is 2.46. The Morgan fingerprint density at radius 2 is 1.55 bits per heavy atom. The molecule has 0 saturated carbocycles. The Labute approximate surface area is 194 Å². The summed E-state index contributed by atoms with van der Waals surface area (Å²) in [7, 11) is 0. The van der Waals surface area contributed by atoms with E-state index in [9.17, 15) is 4.79 Å². The monoisotopic (exact) mass is 472 g/mol. The molecule has 188 valence electrons. The van der Waals surface area contributed by atoms with E-state index < -0.39 is 37.0 Å². The van der Waals surface area contributed by atoms with Gasteiger partial charge in [-0.05, 0) is 32.6 Å². The summed E-state index contributed by atoms with van der Waals surface area (Å²) >= 11 is 0. The van der Waals surface area contributed by atoms with Crippen LogP contribution in [0, 0.1) is 0 Å². The van der Waals surface area contributed by atoms with Gasteiger partial charge in [0.15, 0.2) is 37.0 Å². The Kier molecular flexibility index (Phi) is 9.22. The van der Waals surface area contributed by atoms with Gasteiger partial charge in [-0.3, -0.25) is 0 Å². The molecule has 4 aliphatic heterocycles. The highest BCUT2D eigenvalue weighted by Crippen LogP contribution is 2.34. The second-order valence-electron chi connectivity index (χ2n) is 8.38. The third-order valence-electron chi connectivity index (χ3n) is 5.87. The van der Waals surface area contributed by atoms with Gasteiger partial charge in [0.05, 0.1) is 19.8 Å². The lowest BCUT2D eigenvalue weighted by molar-refractivity contribution is -0.224. The molecule has 4 heterocycles. The van der Waals surface area contributed by atoms with E-state index in [-0.39, 0.29) is 24.4 Å². The molecule has 0 aromatic heterocycles. The first-order valence-corrected chi connectivity index (χ1v) is 12.2. The molecule has 0 amide bonds. The summed E-state index contributed by atoms with van der Waals surface area (Å²) in [6.07, 6.45) is 2.19. The predicted molar refractivity (Wildman–Crippen MR) is 113 cm³/mol. The topological polar surface area (TPSA) is 100 Å². The number of rotatable bonds is 13. The molecule has 6 atom stereocenters. The molecule has 3 fully saturated rings. The summed E-state index contributed by atoms with van der Waals surface area (Å²) in [5, 5.41) is 0. The molecule has 10 heteroatoms. The number of hydrogen-bond donors (Lipinski definition) is 0. The first-order valence-electron chi connectivity index (χ1n) is 12.2. The maximum absolute atomic E-state index is 12.9. The molecule has 0 aliphatic carbocycles. The second kappa shape index (κ2) is 12.3. The van der Waals surface area contributed by atoms with Crippen LogP contribution >= 0.6 is 0 Å². The minimum absolute atomic E-state index is 0.0116. The maximum Gasteiger partial charge on any atom is 0.378 e. The van der Waals surface area contributed by atoms with Crippen LogP contribution in [0.5, 0.6) is 0 Å². The molecule has 0 spiro atoms. The molecule has 0 bridgehead atoms. The van der Waals surface area contributed by atoms with Crippen LogP contribution in [0.4, 0.5) is 0 Å². The smallest absolute Gasteiger partial charge is 0.378 e. The molecule has 10 nitrogen and oxygen atoms in total. The maximum atomic E-state index is 12.9. The summed E-state index contributed by atoms with van der Waals surface area (Å²) < 4.78 is 52.4. The lowest BCUT2D eigenvalue weighted by atomic mass is 10.1. The third-order valence-corrected chi connectivity index (χ3v) is 5.87. The van der Waals surface area contributed by atoms with Crippen LogP contribution in [-0.2, 0) is 47.4 Å². The summed E-state index contributed by atoms with van der Waals surface area (Å²) in [5.74, 6) is -0.342. The van der Waals surface area contributed by atoms with Crippen LogP contribution in [-0.4, -0.2) is 76.4 Å². The van der Waals surface area contributed by atoms with E-state index in [1.165, 1.54) is 0 Å². The van der Waals surface area contributed by atoms with Crippen molar-refractivity contribution in [3.05, 3.63) is 11.5 Å². The lowest BCUT2D eigenvalue weighted by Crippen LogP contribution is -2.41. The SMILES string of the molecule is CCOC(CC)OC(COC1CCCO1)[C@H]1OC(=O)C(OC2CCCO2)=C1OC1CCCO1. The van der Waals surface area contributed by atoms with Crippen molar-refractivity contribution in [1.82, 2.24) is 0 Å². The van der Waals surface area contributed by atoms with E-state index >= 15 is 0 Å². The summed E-state index contributed by atoms with van der Waals surface area (Å²) in [6, 6.07) is 0. The third kappa shape index (κ3) is 6.58. The van der Waals surface area contributed by atoms with E-state index in [0.717, 1.165) is 25.7 Å². The van der Waals surface area contributed by atoms with Gasteiger partial charge in [-0.15, -0.1) is 0 Å². The quantitative estimate of drug-likeness (QED) is 0.294. The molecular formula is C23H36O10. The van der Waals surface area contributed by atoms with Crippen molar-refractivity contribution in [2.45, 2.75) is 96.2 Å².